The maximum absolute atomic E-state index is 13.4. The first-order valence-corrected chi connectivity index (χ1v) is 10.6. The molecule has 8 N–H and O–H groups in total. The molecular weight excluding hydrogens is 444 g/mol. The van der Waals surface area contributed by atoms with Gasteiger partial charge in [-0.1, -0.05) is 0 Å². The molecule has 0 spiro atoms. The summed E-state index contributed by atoms with van der Waals surface area (Å²) in [5.41, 5.74) is 16.2. The second-order valence-electron chi connectivity index (χ2n) is 8.09. The van der Waals surface area contributed by atoms with E-state index in [4.69, 9.17) is 22.3 Å². The lowest BCUT2D eigenvalue weighted by Crippen LogP contribution is -2.17. The third-order valence-corrected chi connectivity index (χ3v) is 5.82. The summed E-state index contributed by atoms with van der Waals surface area (Å²) in [7, 11) is 0. The van der Waals surface area contributed by atoms with Gasteiger partial charge >= 0.3 is 0 Å². The van der Waals surface area contributed by atoms with Crippen LogP contribution in [0.1, 0.15) is 11.1 Å². The molecule has 6 aromatic rings. The first-order chi connectivity index (χ1) is 16.9. The predicted octanol–water partition coefficient (Wildman–Crippen LogP) is 2.35. The average Bonchev–Trinajstić information content (AvgIpc) is 3.47. The summed E-state index contributed by atoms with van der Waals surface area (Å²) >= 11 is 0. The molecule has 0 fully saturated rings. The summed E-state index contributed by atoms with van der Waals surface area (Å²) in [6, 6.07) is 14.1. The average molecular weight is 462 g/mol. The second kappa shape index (κ2) is 7.35. The fraction of sp³-hybridized carbons (Fsp3) is 0. The van der Waals surface area contributed by atoms with Gasteiger partial charge in [0.2, 0.25) is 0 Å². The fourth-order valence-electron chi connectivity index (χ4n) is 3.99. The number of fused-ring (bicyclic) bond motifs is 3. The molecule has 4 aromatic heterocycles. The van der Waals surface area contributed by atoms with Crippen molar-refractivity contribution in [2.75, 3.05) is 0 Å². The van der Waals surface area contributed by atoms with Gasteiger partial charge in [-0.15, -0.1) is 0 Å². The van der Waals surface area contributed by atoms with E-state index < -0.39 is 0 Å². The first-order valence-electron chi connectivity index (χ1n) is 10.6. The van der Waals surface area contributed by atoms with E-state index in [2.05, 4.69) is 24.9 Å². The molecule has 0 aliphatic heterocycles. The number of nitrogens with zero attached hydrogens (tertiary/aromatic N) is 4. The number of nitrogens with one attached hydrogen (secondary N) is 4. The topological polar surface area (TPSA) is 191 Å². The van der Waals surface area contributed by atoms with Gasteiger partial charge in [-0.2, -0.15) is 0 Å². The lowest BCUT2D eigenvalue weighted by atomic mass is 10.2. The van der Waals surface area contributed by atoms with Crippen LogP contribution in [0.3, 0.4) is 0 Å². The van der Waals surface area contributed by atoms with Gasteiger partial charge in [-0.25, -0.2) is 15.0 Å². The number of aromatic amines is 2. The van der Waals surface area contributed by atoms with Crippen LogP contribution in [-0.4, -0.2) is 41.0 Å². The van der Waals surface area contributed by atoms with Gasteiger partial charge in [0.15, 0.2) is 0 Å². The molecule has 6 rings (SSSR count). The molecule has 0 radical (unpaired) electrons. The Bertz CT molecular complexity index is 1890. The Hall–Kier alpha value is -5.32. The number of nitrogens with two attached hydrogens (primary N) is 2. The van der Waals surface area contributed by atoms with Gasteiger partial charge in [0.25, 0.3) is 5.56 Å². The van der Waals surface area contributed by atoms with Crippen molar-refractivity contribution in [2.45, 2.75) is 0 Å². The highest BCUT2D eigenvalue weighted by molar-refractivity contribution is 5.99. The van der Waals surface area contributed by atoms with Crippen LogP contribution in [0.15, 0.2) is 65.7 Å². The Balaban J connectivity index is 1.46. The summed E-state index contributed by atoms with van der Waals surface area (Å²) in [4.78, 5) is 33.3. The molecule has 0 aliphatic rings. The molecule has 2 aromatic carbocycles. The number of hydrogen-bond acceptors (Lipinski definition) is 6. The molecule has 11 heteroatoms. The van der Waals surface area contributed by atoms with Crippen molar-refractivity contribution >= 4 is 39.4 Å². The number of aromatic nitrogens is 6. The Morgan fingerprint density at radius 2 is 1.43 bits per heavy atom. The third-order valence-electron chi connectivity index (χ3n) is 5.82. The van der Waals surface area contributed by atoms with Crippen molar-refractivity contribution in [3.05, 3.63) is 82.4 Å². The largest absolute Gasteiger partial charge is 0.384 e. The van der Waals surface area contributed by atoms with Crippen molar-refractivity contribution in [2.24, 2.45) is 11.5 Å². The van der Waals surface area contributed by atoms with Crippen molar-refractivity contribution in [3.63, 3.8) is 0 Å². The van der Waals surface area contributed by atoms with Crippen LogP contribution in [-0.2, 0) is 0 Å². The normalized spacial score (nSPS) is 11.4. The number of nitrogen functional groups attached to an aromatic ring is 2. The lowest BCUT2D eigenvalue weighted by Gasteiger charge is -2.04. The quantitative estimate of drug-likeness (QED) is 0.172. The van der Waals surface area contributed by atoms with Gasteiger partial charge in [0, 0.05) is 29.1 Å². The van der Waals surface area contributed by atoms with Gasteiger partial charge in [0.1, 0.15) is 34.5 Å². The summed E-state index contributed by atoms with van der Waals surface area (Å²) in [5.74, 6) is 0.855. The first kappa shape index (κ1) is 20.3. The molecule has 170 valence electrons. The smallest absolute Gasteiger partial charge is 0.268 e. The number of benzene rings is 2. The van der Waals surface area contributed by atoms with Crippen molar-refractivity contribution in [3.8, 4) is 22.8 Å². The minimum absolute atomic E-state index is 0.0320. The molecule has 0 saturated carbocycles. The van der Waals surface area contributed by atoms with E-state index in [0.29, 0.717) is 50.6 Å². The fourth-order valence-corrected chi connectivity index (χ4v) is 3.99. The van der Waals surface area contributed by atoms with Gasteiger partial charge in [-0.05, 0) is 48.5 Å². The van der Waals surface area contributed by atoms with E-state index in [1.54, 1.807) is 42.6 Å². The van der Waals surface area contributed by atoms with Gasteiger partial charge in [0.05, 0.1) is 22.1 Å². The highest BCUT2D eigenvalue weighted by Gasteiger charge is 2.14. The number of H-pyrrole nitrogens is 2. The van der Waals surface area contributed by atoms with Crippen LogP contribution in [0.25, 0.3) is 50.5 Å². The summed E-state index contributed by atoms with van der Waals surface area (Å²) in [6.45, 7) is 0. The SMILES string of the molecule is N=C(N)c1ccc2[nH]c(-c3ccc4ncc(-c5nc6cc(C(=N)N)ccc6[nH]5)c(=O)n4c3)nc2c1. The minimum atomic E-state index is -0.294. The van der Waals surface area contributed by atoms with E-state index in [-0.39, 0.29) is 17.2 Å². The molecule has 0 aliphatic carbocycles. The van der Waals surface area contributed by atoms with Crippen LogP contribution in [0, 0.1) is 10.8 Å². The van der Waals surface area contributed by atoms with Crippen molar-refractivity contribution in [1.29, 1.82) is 10.8 Å². The summed E-state index contributed by atoms with van der Waals surface area (Å²) in [5, 5.41) is 15.2. The summed E-state index contributed by atoms with van der Waals surface area (Å²) < 4.78 is 1.45. The van der Waals surface area contributed by atoms with E-state index >= 15 is 0 Å². The molecule has 4 heterocycles. The van der Waals surface area contributed by atoms with E-state index in [1.807, 2.05) is 12.1 Å². The number of rotatable bonds is 4. The lowest BCUT2D eigenvalue weighted by molar-refractivity contribution is 1.04. The van der Waals surface area contributed by atoms with Crippen molar-refractivity contribution < 1.29 is 0 Å². The molecule has 0 bridgehead atoms. The molecule has 0 amide bonds. The maximum Gasteiger partial charge on any atom is 0.268 e. The van der Waals surface area contributed by atoms with E-state index in [9.17, 15) is 4.79 Å². The monoisotopic (exact) mass is 462 g/mol. The Morgan fingerprint density at radius 3 is 2.06 bits per heavy atom. The van der Waals surface area contributed by atoms with Crippen molar-refractivity contribution in [1.82, 2.24) is 29.3 Å². The predicted molar refractivity (Wildman–Crippen MR) is 134 cm³/mol. The second-order valence-corrected chi connectivity index (χ2v) is 8.09. The zero-order valence-corrected chi connectivity index (χ0v) is 18.1. The van der Waals surface area contributed by atoms with Crippen LogP contribution in [0.5, 0.6) is 0 Å². The van der Waals surface area contributed by atoms with Crippen LogP contribution in [0.2, 0.25) is 0 Å². The third kappa shape index (κ3) is 3.30. The molecule has 0 unspecified atom stereocenters. The zero-order chi connectivity index (χ0) is 24.3. The Kier molecular flexibility index (Phi) is 4.26. The highest BCUT2D eigenvalue weighted by Crippen LogP contribution is 2.23. The highest BCUT2D eigenvalue weighted by atomic mass is 16.1. The van der Waals surface area contributed by atoms with Crippen LogP contribution < -0.4 is 17.0 Å². The minimum Gasteiger partial charge on any atom is -0.384 e. The number of hydrogen-bond donors (Lipinski definition) is 6. The van der Waals surface area contributed by atoms with E-state index in [1.165, 1.54) is 10.6 Å². The molecular formula is C24H18N10O. The van der Waals surface area contributed by atoms with E-state index in [0.717, 1.165) is 11.0 Å². The van der Waals surface area contributed by atoms with Crippen LogP contribution >= 0.6 is 0 Å². The van der Waals surface area contributed by atoms with Crippen LogP contribution in [0.4, 0.5) is 0 Å². The summed E-state index contributed by atoms with van der Waals surface area (Å²) in [6.07, 6.45) is 3.17. The zero-order valence-electron chi connectivity index (χ0n) is 18.1. The number of imidazole rings is 2. The standard InChI is InChI=1S/C24H18N10O/c25-20(26)11-1-4-15-17(7-11)32-22(30-15)13-3-6-19-29-9-14(24(35)34(19)10-13)23-31-16-5-2-12(21(27)28)8-18(16)33-23/h1-10H,(H3,25,26)(H3,27,28)(H,30,32)(H,31,33). The van der Waals surface area contributed by atoms with Gasteiger partial charge in [-0.3, -0.25) is 20.0 Å². The number of pyridine rings is 1. The Morgan fingerprint density at radius 1 is 0.829 bits per heavy atom. The molecule has 0 saturated heterocycles. The molecule has 11 nitrogen and oxygen atoms in total. The Labute approximate surface area is 196 Å². The molecule has 0 atom stereocenters. The van der Waals surface area contributed by atoms with Gasteiger partial charge < -0.3 is 21.4 Å². The maximum atomic E-state index is 13.4. The molecule has 35 heavy (non-hydrogen) atoms. The number of amidine groups is 2.